The Labute approximate surface area is 212 Å². The van der Waals surface area contributed by atoms with Crippen LogP contribution in [0.15, 0.2) is 22.7 Å². The van der Waals surface area contributed by atoms with Crippen LogP contribution in [0.2, 0.25) is 0 Å². The lowest BCUT2D eigenvalue weighted by Crippen LogP contribution is -2.48. The van der Waals surface area contributed by atoms with Crippen LogP contribution in [0.4, 0.5) is 0 Å². The molecule has 2 aromatic rings. The molecular formula is C27H37N5O4. The summed E-state index contributed by atoms with van der Waals surface area (Å²) in [7, 11) is 0. The summed E-state index contributed by atoms with van der Waals surface area (Å²) in [5, 5.41) is 7.33. The normalized spacial score (nSPS) is 19.9. The monoisotopic (exact) mass is 495 g/mol. The minimum atomic E-state index is -0.559. The van der Waals surface area contributed by atoms with Gasteiger partial charge in [-0.05, 0) is 30.0 Å². The van der Waals surface area contributed by atoms with Crippen molar-refractivity contribution < 1.29 is 18.8 Å². The van der Waals surface area contributed by atoms with Gasteiger partial charge >= 0.3 is 0 Å². The molecule has 0 radical (unpaired) electrons. The standard InChI is InChI=1S/C27H37N5O4/c1-20(33)29-27(11-4-2-3-5-12-27)26-28-24(36-30-26)8-9-25(34)32-15-13-31(14-16-32)19-21-6-7-23-22(18-21)10-17-35-23/h6-7,18H,2-5,8-17,19H2,1H3,(H,29,33). The first-order valence-electron chi connectivity index (χ1n) is 13.4. The predicted octanol–water partition coefficient (Wildman–Crippen LogP) is 2.97. The van der Waals surface area contributed by atoms with Crippen LogP contribution in [0.25, 0.3) is 0 Å². The van der Waals surface area contributed by atoms with Crippen molar-refractivity contribution in [2.75, 3.05) is 32.8 Å². The van der Waals surface area contributed by atoms with Gasteiger partial charge in [0.2, 0.25) is 17.7 Å². The Morgan fingerprint density at radius 1 is 1.08 bits per heavy atom. The summed E-state index contributed by atoms with van der Waals surface area (Å²) in [4.78, 5) is 33.7. The first-order valence-corrected chi connectivity index (χ1v) is 13.4. The van der Waals surface area contributed by atoms with E-state index in [9.17, 15) is 9.59 Å². The number of aromatic nitrogens is 2. The number of rotatable bonds is 7. The number of nitrogens with zero attached hydrogens (tertiary/aromatic N) is 4. The predicted molar refractivity (Wildman–Crippen MR) is 133 cm³/mol. The minimum absolute atomic E-state index is 0.0808. The van der Waals surface area contributed by atoms with E-state index in [4.69, 9.17) is 9.26 Å². The van der Waals surface area contributed by atoms with E-state index in [2.05, 4.69) is 38.6 Å². The Bertz CT molecular complexity index is 1070. The molecule has 1 saturated carbocycles. The highest BCUT2D eigenvalue weighted by Gasteiger charge is 2.38. The molecule has 1 aromatic heterocycles. The third kappa shape index (κ3) is 5.72. The van der Waals surface area contributed by atoms with Gasteiger partial charge in [-0.1, -0.05) is 43.0 Å². The Balaban J connectivity index is 1.11. The first kappa shape index (κ1) is 24.7. The molecule has 194 valence electrons. The van der Waals surface area contributed by atoms with Crippen molar-refractivity contribution in [3.63, 3.8) is 0 Å². The molecule has 0 spiro atoms. The number of hydrogen-bond donors (Lipinski definition) is 1. The van der Waals surface area contributed by atoms with Gasteiger partial charge in [-0.3, -0.25) is 14.5 Å². The molecule has 2 fully saturated rings. The summed E-state index contributed by atoms with van der Waals surface area (Å²) in [5.41, 5.74) is 2.04. The summed E-state index contributed by atoms with van der Waals surface area (Å²) in [6.07, 6.45) is 7.72. The van der Waals surface area contributed by atoms with Crippen molar-refractivity contribution in [2.45, 2.75) is 76.8 Å². The SMILES string of the molecule is CC(=O)NC1(c2noc(CCC(=O)N3CCN(Cc4ccc5c(c4)CCO5)CC3)n2)CCCCCC1. The summed E-state index contributed by atoms with van der Waals surface area (Å²) in [6, 6.07) is 6.48. The second kappa shape index (κ2) is 11.0. The van der Waals surface area contributed by atoms with E-state index >= 15 is 0 Å². The lowest BCUT2D eigenvalue weighted by atomic mass is 9.89. The molecule has 36 heavy (non-hydrogen) atoms. The fourth-order valence-corrected chi connectivity index (χ4v) is 5.75. The molecule has 1 aliphatic carbocycles. The number of carbonyl (C=O) groups excluding carboxylic acids is 2. The average molecular weight is 496 g/mol. The number of ether oxygens (including phenoxy) is 1. The number of aryl methyl sites for hydroxylation is 1. The van der Waals surface area contributed by atoms with Gasteiger partial charge in [0, 0.05) is 58.9 Å². The van der Waals surface area contributed by atoms with Gasteiger partial charge in [-0.25, -0.2) is 0 Å². The van der Waals surface area contributed by atoms with Crippen molar-refractivity contribution in [1.29, 1.82) is 0 Å². The number of hydrogen-bond acceptors (Lipinski definition) is 7. The Morgan fingerprint density at radius 2 is 1.86 bits per heavy atom. The van der Waals surface area contributed by atoms with Gasteiger partial charge in [0.25, 0.3) is 0 Å². The van der Waals surface area contributed by atoms with E-state index in [0.29, 0.717) is 24.6 Å². The van der Waals surface area contributed by atoms with Gasteiger partial charge in [0.05, 0.1) is 6.61 Å². The van der Waals surface area contributed by atoms with E-state index in [1.54, 1.807) is 0 Å². The van der Waals surface area contributed by atoms with Crippen molar-refractivity contribution in [2.24, 2.45) is 0 Å². The average Bonchev–Trinajstić information content (AvgIpc) is 3.48. The second-order valence-electron chi connectivity index (χ2n) is 10.4. The molecular weight excluding hydrogens is 458 g/mol. The van der Waals surface area contributed by atoms with Crippen LogP contribution in [-0.4, -0.2) is 64.5 Å². The highest BCUT2D eigenvalue weighted by atomic mass is 16.5. The van der Waals surface area contributed by atoms with Crippen molar-refractivity contribution in [3.05, 3.63) is 41.0 Å². The molecule has 3 aliphatic rings. The largest absolute Gasteiger partial charge is 0.493 e. The smallest absolute Gasteiger partial charge is 0.227 e. The fraction of sp³-hybridized carbons (Fsp3) is 0.630. The van der Waals surface area contributed by atoms with E-state index in [1.807, 2.05) is 4.90 Å². The van der Waals surface area contributed by atoms with Crippen LogP contribution in [0.3, 0.4) is 0 Å². The van der Waals surface area contributed by atoms with Gasteiger partial charge in [-0.15, -0.1) is 0 Å². The molecule has 5 rings (SSSR count). The van der Waals surface area contributed by atoms with Crippen molar-refractivity contribution in [3.8, 4) is 5.75 Å². The minimum Gasteiger partial charge on any atom is -0.493 e. The van der Waals surface area contributed by atoms with Gasteiger partial charge in [0.15, 0.2) is 5.82 Å². The number of piperazine rings is 1. The van der Waals surface area contributed by atoms with Crippen molar-refractivity contribution in [1.82, 2.24) is 25.3 Å². The zero-order chi connectivity index (χ0) is 25.0. The quantitative estimate of drug-likeness (QED) is 0.590. The highest BCUT2D eigenvalue weighted by molar-refractivity contribution is 5.76. The molecule has 9 heteroatoms. The van der Waals surface area contributed by atoms with Gasteiger partial charge in [0.1, 0.15) is 11.3 Å². The number of carbonyl (C=O) groups is 2. The zero-order valence-corrected chi connectivity index (χ0v) is 21.3. The van der Waals surface area contributed by atoms with Crippen LogP contribution in [0, 0.1) is 0 Å². The maximum Gasteiger partial charge on any atom is 0.227 e. The molecule has 1 N–H and O–H groups in total. The third-order valence-corrected chi connectivity index (χ3v) is 7.71. The molecule has 0 atom stereocenters. The maximum atomic E-state index is 12.9. The second-order valence-corrected chi connectivity index (χ2v) is 10.4. The summed E-state index contributed by atoms with van der Waals surface area (Å²) in [6.45, 7) is 6.40. The zero-order valence-electron chi connectivity index (χ0n) is 21.3. The summed E-state index contributed by atoms with van der Waals surface area (Å²) >= 11 is 0. The molecule has 2 aliphatic heterocycles. The Hall–Kier alpha value is -2.94. The van der Waals surface area contributed by atoms with Gasteiger partial charge < -0.3 is 19.5 Å². The van der Waals surface area contributed by atoms with Crippen LogP contribution < -0.4 is 10.1 Å². The number of benzene rings is 1. The molecule has 3 heterocycles. The number of fused-ring (bicyclic) bond motifs is 1. The molecule has 1 saturated heterocycles. The lowest BCUT2D eigenvalue weighted by molar-refractivity contribution is -0.133. The van der Waals surface area contributed by atoms with E-state index < -0.39 is 5.54 Å². The first-order chi connectivity index (χ1) is 17.5. The number of nitrogens with one attached hydrogen (secondary N) is 1. The van der Waals surface area contributed by atoms with Crippen LogP contribution in [0.1, 0.15) is 74.7 Å². The van der Waals surface area contributed by atoms with Gasteiger partial charge in [-0.2, -0.15) is 4.98 Å². The molecule has 0 bridgehead atoms. The Morgan fingerprint density at radius 3 is 2.61 bits per heavy atom. The summed E-state index contributed by atoms with van der Waals surface area (Å²) < 4.78 is 11.1. The third-order valence-electron chi connectivity index (χ3n) is 7.71. The Kier molecular flexibility index (Phi) is 7.55. The molecule has 2 amide bonds. The molecule has 9 nitrogen and oxygen atoms in total. The van der Waals surface area contributed by atoms with Crippen LogP contribution in [-0.2, 0) is 34.5 Å². The lowest BCUT2D eigenvalue weighted by Gasteiger charge is -2.34. The molecule has 1 aromatic carbocycles. The fourth-order valence-electron chi connectivity index (χ4n) is 5.75. The van der Waals surface area contributed by atoms with E-state index in [1.165, 1.54) is 18.1 Å². The number of amides is 2. The van der Waals surface area contributed by atoms with E-state index in [-0.39, 0.29) is 11.8 Å². The van der Waals surface area contributed by atoms with E-state index in [0.717, 1.165) is 90.0 Å². The molecule has 0 unspecified atom stereocenters. The summed E-state index contributed by atoms with van der Waals surface area (Å²) in [5.74, 6) is 2.07. The van der Waals surface area contributed by atoms with Crippen LogP contribution in [0.5, 0.6) is 5.75 Å². The highest BCUT2D eigenvalue weighted by Crippen LogP contribution is 2.34. The topological polar surface area (TPSA) is 101 Å². The van der Waals surface area contributed by atoms with Crippen LogP contribution >= 0.6 is 0 Å². The van der Waals surface area contributed by atoms with Crippen molar-refractivity contribution >= 4 is 11.8 Å². The maximum absolute atomic E-state index is 12.9.